The Kier molecular flexibility index (Phi) is 5.14. The number of nitrogens with zero attached hydrogens (tertiary/aromatic N) is 1. The van der Waals surface area contributed by atoms with E-state index in [1.54, 1.807) is 36.4 Å². The van der Waals surface area contributed by atoms with Crippen LogP contribution in [-0.4, -0.2) is 23.4 Å². The molecule has 4 rings (SSSR count). The lowest BCUT2D eigenvalue weighted by atomic mass is 9.94. The predicted molar refractivity (Wildman–Crippen MR) is 112 cm³/mol. The molecule has 1 N–H and O–H groups in total. The van der Waals surface area contributed by atoms with Gasteiger partial charge in [0.1, 0.15) is 5.75 Å². The van der Waals surface area contributed by atoms with Crippen LogP contribution in [0.15, 0.2) is 82.7 Å². The van der Waals surface area contributed by atoms with Crippen LogP contribution in [-0.2, 0) is 4.79 Å². The van der Waals surface area contributed by atoms with Crippen molar-refractivity contribution in [1.82, 2.24) is 0 Å². The van der Waals surface area contributed by atoms with Crippen LogP contribution in [0, 0.1) is 6.92 Å². The standard InChI is InChI=1S/C24H21NO5/c1-3-29-18-11-9-16(10-12-18)21-20(22(26)19-8-5-13-30-19)23(27)24(28)25(21)17-7-4-6-15(2)14-17/h4-14,21,27H,3H2,1-2H3. The van der Waals surface area contributed by atoms with Crippen LogP contribution in [0.4, 0.5) is 5.69 Å². The maximum atomic E-state index is 13.1. The monoisotopic (exact) mass is 403 g/mol. The van der Waals surface area contributed by atoms with Crippen LogP contribution in [0.1, 0.15) is 34.6 Å². The number of Topliss-reactive ketones (excluding diaryl/α,β-unsaturated/α-hetero) is 1. The molecule has 1 amide bonds. The summed E-state index contributed by atoms with van der Waals surface area (Å²) >= 11 is 0. The minimum atomic E-state index is -0.799. The van der Waals surface area contributed by atoms with Gasteiger partial charge in [-0.05, 0) is 61.4 Å². The van der Waals surface area contributed by atoms with Crippen molar-refractivity contribution in [2.24, 2.45) is 0 Å². The summed E-state index contributed by atoms with van der Waals surface area (Å²) in [5.41, 5.74) is 2.21. The minimum Gasteiger partial charge on any atom is -0.503 e. The summed E-state index contributed by atoms with van der Waals surface area (Å²) in [5.74, 6) is -0.989. The molecule has 6 heteroatoms. The van der Waals surface area contributed by atoms with Crippen LogP contribution < -0.4 is 9.64 Å². The first kappa shape index (κ1) is 19.5. The van der Waals surface area contributed by atoms with E-state index in [4.69, 9.17) is 9.15 Å². The third-order valence-corrected chi connectivity index (χ3v) is 4.98. The summed E-state index contributed by atoms with van der Waals surface area (Å²) in [6, 6.07) is 16.8. The van der Waals surface area contributed by atoms with Crippen molar-refractivity contribution < 1.29 is 23.8 Å². The topological polar surface area (TPSA) is 80.0 Å². The fraction of sp³-hybridized carbons (Fsp3) is 0.167. The third-order valence-electron chi connectivity index (χ3n) is 4.98. The van der Waals surface area contributed by atoms with Gasteiger partial charge in [-0.2, -0.15) is 0 Å². The average Bonchev–Trinajstić information content (AvgIpc) is 3.36. The minimum absolute atomic E-state index is 0.0133. The molecule has 1 unspecified atom stereocenters. The number of benzene rings is 2. The number of rotatable bonds is 6. The Balaban J connectivity index is 1.85. The fourth-order valence-corrected chi connectivity index (χ4v) is 3.65. The number of carbonyl (C=O) groups excluding carboxylic acids is 2. The molecule has 0 aliphatic carbocycles. The van der Waals surface area contributed by atoms with E-state index < -0.39 is 23.5 Å². The molecule has 2 heterocycles. The maximum absolute atomic E-state index is 13.1. The van der Waals surface area contributed by atoms with E-state index in [1.807, 2.05) is 32.0 Å². The number of hydrogen-bond acceptors (Lipinski definition) is 5. The molecule has 6 nitrogen and oxygen atoms in total. The van der Waals surface area contributed by atoms with Gasteiger partial charge in [0.2, 0.25) is 5.78 Å². The number of anilines is 1. The van der Waals surface area contributed by atoms with Crippen LogP contribution >= 0.6 is 0 Å². The second kappa shape index (κ2) is 7.91. The molecular weight excluding hydrogens is 382 g/mol. The highest BCUT2D eigenvalue weighted by molar-refractivity contribution is 6.20. The first-order valence-electron chi connectivity index (χ1n) is 9.65. The number of hydrogen-bond donors (Lipinski definition) is 1. The Morgan fingerprint density at radius 3 is 2.53 bits per heavy atom. The van der Waals surface area contributed by atoms with Crippen molar-refractivity contribution in [3.63, 3.8) is 0 Å². The molecule has 2 aromatic carbocycles. The number of aliphatic hydroxyl groups is 1. The summed E-state index contributed by atoms with van der Waals surface area (Å²) in [6.07, 6.45) is 1.38. The van der Waals surface area contributed by atoms with Crippen LogP contribution in [0.5, 0.6) is 5.75 Å². The van der Waals surface area contributed by atoms with Gasteiger partial charge in [0.25, 0.3) is 5.91 Å². The predicted octanol–water partition coefficient (Wildman–Crippen LogP) is 4.77. The number of aliphatic hydroxyl groups excluding tert-OH is 1. The highest BCUT2D eigenvalue weighted by atomic mass is 16.5. The van der Waals surface area contributed by atoms with Gasteiger partial charge < -0.3 is 14.3 Å². The first-order chi connectivity index (χ1) is 14.5. The molecule has 1 aliphatic rings. The largest absolute Gasteiger partial charge is 0.503 e. The summed E-state index contributed by atoms with van der Waals surface area (Å²) in [5, 5.41) is 10.7. The van der Waals surface area contributed by atoms with Gasteiger partial charge >= 0.3 is 0 Å². The van der Waals surface area contributed by atoms with Gasteiger partial charge in [0.05, 0.1) is 24.5 Å². The van der Waals surface area contributed by atoms with Gasteiger partial charge in [-0.1, -0.05) is 24.3 Å². The van der Waals surface area contributed by atoms with E-state index in [0.717, 1.165) is 5.56 Å². The number of furan rings is 1. The lowest BCUT2D eigenvalue weighted by Gasteiger charge is -2.27. The Hall–Kier alpha value is -3.80. The number of ketones is 1. The summed E-state index contributed by atoms with van der Waals surface area (Å²) in [4.78, 5) is 27.6. The van der Waals surface area contributed by atoms with E-state index >= 15 is 0 Å². The number of amides is 1. The normalized spacial score (nSPS) is 16.3. The van der Waals surface area contributed by atoms with E-state index in [-0.39, 0.29) is 11.3 Å². The smallest absolute Gasteiger partial charge is 0.294 e. The number of aryl methyl sites for hydroxylation is 1. The average molecular weight is 403 g/mol. The Morgan fingerprint density at radius 1 is 1.13 bits per heavy atom. The second-order valence-electron chi connectivity index (χ2n) is 6.99. The summed E-state index contributed by atoms with van der Waals surface area (Å²) in [6.45, 7) is 4.33. The van der Waals surface area contributed by atoms with Gasteiger partial charge in [-0.15, -0.1) is 0 Å². The van der Waals surface area contributed by atoms with E-state index in [2.05, 4.69) is 0 Å². The zero-order valence-corrected chi connectivity index (χ0v) is 16.7. The van der Waals surface area contributed by atoms with Crippen molar-refractivity contribution >= 4 is 17.4 Å². The quantitative estimate of drug-likeness (QED) is 0.600. The highest BCUT2D eigenvalue weighted by Gasteiger charge is 2.45. The van der Waals surface area contributed by atoms with Gasteiger partial charge in [-0.3, -0.25) is 14.5 Å². The lowest BCUT2D eigenvalue weighted by molar-refractivity contribution is -0.117. The summed E-state index contributed by atoms with van der Waals surface area (Å²) < 4.78 is 10.7. The van der Waals surface area contributed by atoms with Gasteiger partial charge in [0.15, 0.2) is 11.5 Å². The molecular formula is C24H21NO5. The first-order valence-corrected chi connectivity index (χ1v) is 9.65. The van der Waals surface area contributed by atoms with Crippen LogP contribution in [0.25, 0.3) is 0 Å². The molecule has 1 aromatic heterocycles. The second-order valence-corrected chi connectivity index (χ2v) is 6.99. The van der Waals surface area contributed by atoms with Crippen molar-refractivity contribution in [2.75, 3.05) is 11.5 Å². The molecule has 152 valence electrons. The van der Waals surface area contributed by atoms with Crippen molar-refractivity contribution in [2.45, 2.75) is 19.9 Å². The molecule has 0 bridgehead atoms. The van der Waals surface area contributed by atoms with Gasteiger partial charge in [-0.25, -0.2) is 0 Å². The third kappa shape index (κ3) is 3.37. The maximum Gasteiger partial charge on any atom is 0.294 e. The number of ether oxygens (including phenoxy) is 1. The molecule has 0 fully saturated rings. The molecule has 30 heavy (non-hydrogen) atoms. The Morgan fingerprint density at radius 2 is 1.90 bits per heavy atom. The van der Waals surface area contributed by atoms with E-state index in [1.165, 1.54) is 17.2 Å². The lowest BCUT2D eigenvalue weighted by Crippen LogP contribution is -2.31. The number of carbonyl (C=O) groups is 2. The Labute approximate surface area is 174 Å². The SMILES string of the molecule is CCOc1ccc(C2C(C(=O)c3ccco3)=C(O)C(=O)N2c2cccc(C)c2)cc1. The Bertz CT molecular complexity index is 1110. The molecule has 1 aliphatic heterocycles. The van der Waals surface area contributed by atoms with Crippen molar-refractivity contribution in [1.29, 1.82) is 0 Å². The van der Waals surface area contributed by atoms with Crippen LogP contribution in [0.3, 0.4) is 0 Å². The molecule has 0 saturated carbocycles. The molecule has 1 atom stereocenters. The molecule has 0 spiro atoms. The highest BCUT2D eigenvalue weighted by Crippen LogP contribution is 2.42. The molecule has 0 radical (unpaired) electrons. The zero-order chi connectivity index (χ0) is 21.3. The fourth-order valence-electron chi connectivity index (χ4n) is 3.65. The zero-order valence-electron chi connectivity index (χ0n) is 16.7. The van der Waals surface area contributed by atoms with Crippen molar-refractivity contribution in [3.05, 3.63) is 95.1 Å². The van der Waals surface area contributed by atoms with Gasteiger partial charge in [0, 0.05) is 5.69 Å². The van der Waals surface area contributed by atoms with Crippen LogP contribution in [0.2, 0.25) is 0 Å². The van der Waals surface area contributed by atoms with E-state index in [9.17, 15) is 14.7 Å². The van der Waals surface area contributed by atoms with Crippen molar-refractivity contribution in [3.8, 4) is 5.75 Å². The summed E-state index contributed by atoms with van der Waals surface area (Å²) in [7, 11) is 0. The molecule has 3 aromatic rings. The van der Waals surface area contributed by atoms with E-state index in [0.29, 0.717) is 23.6 Å². The molecule has 0 saturated heterocycles.